The Labute approximate surface area is 144 Å². The number of amides is 1. The number of benzene rings is 2. The molecule has 1 N–H and O–H groups in total. The normalized spacial score (nSPS) is 12.7. The van der Waals surface area contributed by atoms with Crippen molar-refractivity contribution in [2.24, 2.45) is 0 Å². The van der Waals surface area contributed by atoms with Crippen molar-refractivity contribution in [2.45, 2.75) is 52.8 Å². The molecule has 1 atom stereocenters. The number of carbonyl (C=O) groups excluding carboxylic acids is 1. The molecule has 24 heavy (non-hydrogen) atoms. The van der Waals surface area contributed by atoms with Crippen molar-refractivity contribution in [1.29, 1.82) is 0 Å². The van der Waals surface area contributed by atoms with E-state index in [1.165, 1.54) is 0 Å². The van der Waals surface area contributed by atoms with Crippen LogP contribution in [0.1, 0.15) is 56.6 Å². The molecule has 0 aliphatic heterocycles. The molecule has 0 aliphatic rings. The molecule has 4 heteroatoms. The van der Waals surface area contributed by atoms with Crippen molar-refractivity contribution in [3.63, 3.8) is 0 Å². The van der Waals surface area contributed by atoms with E-state index in [-0.39, 0.29) is 18.0 Å². The second kappa shape index (κ2) is 7.22. The molecule has 0 unspecified atom stereocenters. The van der Waals surface area contributed by atoms with E-state index in [0.717, 1.165) is 10.8 Å². The maximum atomic E-state index is 13.4. The number of hydrogen-bond acceptors (Lipinski definition) is 3. The summed E-state index contributed by atoms with van der Waals surface area (Å²) in [7, 11) is 1.60. The minimum absolute atomic E-state index is 0.0595. The van der Waals surface area contributed by atoms with Gasteiger partial charge in [0, 0.05) is 17.5 Å². The lowest BCUT2D eigenvalue weighted by Gasteiger charge is -2.32. The lowest BCUT2D eigenvalue weighted by atomic mass is 9.93. The Balaban J connectivity index is 2.83. The molecule has 0 saturated heterocycles. The summed E-state index contributed by atoms with van der Waals surface area (Å²) in [5.41, 5.74) is 1.16. The van der Waals surface area contributed by atoms with Gasteiger partial charge in [0.2, 0.25) is 0 Å². The number of methoxy groups -OCH3 is 1. The molecule has 0 spiro atoms. The van der Waals surface area contributed by atoms with Crippen LogP contribution in [-0.4, -0.2) is 35.1 Å². The van der Waals surface area contributed by atoms with E-state index in [2.05, 4.69) is 0 Å². The van der Waals surface area contributed by atoms with Crippen molar-refractivity contribution in [1.82, 2.24) is 4.90 Å². The first-order chi connectivity index (χ1) is 11.3. The Morgan fingerprint density at radius 2 is 1.67 bits per heavy atom. The van der Waals surface area contributed by atoms with E-state index >= 15 is 0 Å². The van der Waals surface area contributed by atoms with Gasteiger partial charge in [-0.3, -0.25) is 4.79 Å². The van der Waals surface area contributed by atoms with Gasteiger partial charge in [-0.25, -0.2) is 0 Å². The highest BCUT2D eigenvalue weighted by Crippen LogP contribution is 2.34. The fraction of sp³-hybridized carbons (Fsp3) is 0.450. The number of hydrogen-bond donors (Lipinski definition) is 1. The first kappa shape index (κ1) is 18.3. The SMILES string of the molecule is COc1cccc2ccc([C@@H](C)O)c(C(=O)N(C(C)C)C(C)C)c12. The number of rotatable bonds is 5. The average Bonchev–Trinajstić information content (AvgIpc) is 2.51. The van der Waals surface area contributed by atoms with Crippen LogP contribution in [0.2, 0.25) is 0 Å². The summed E-state index contributed by atoms with van der Waals surface area (Å²) in [5, 5.41) is 11.9. The molecular weight excluding hydrogens is 302 g/mol. The van der Waals surface area contributed by atoms with Gasteiger partial charge < -0.3 is 14.7 Å². The van der Waals surface area contributed by atoms with Crippen molar-refractivity contribution < 1.29 is 14.6 Å². The number of ether oxygens (including phenoxy) is 1. The standard InChI is InChI=1S/C20H27NO3/c1-12(2)21(13(3)4)20(23)19-16(14(5)22)11-10-15-8-7-9-17(24-6)18(15)19/h7-14,22H,1-6H3/t14-/m1/s1. The highest BCUT2D eigenvalue weighted by Gasteiger charge is 2.28. The van der Waals surface area contributed by atoms with Crippen LogP contribution in [0.4, 0.5) is 0 Å². The first-order valence-electron chi connectivity index (χ1n) is 8.39. The summed E-state index contributed by atoms with van der Waals surface area (Å²) in [4.78, 5) is 15.2. The maximum absolute atomic E-state index is 13.4. The van der Waals surface area contributed by atoms with Gasteiger partial charge in [0.25, 0.3) is 5.91 Å². The molecule has 2 aromatic rings. The predicted molar refractivity (Wildman–Crippen MR) is 97.6 cm³/mol. The molecule has 0 saturated carbocycles. The van der Waals surface area contributed by atoms with Crippen LogP contribution in [0.5, 0.6) is 5.75 Å². The Kier molecular flexibility index (Phi) is 5.50. The fourth-order valence-electron chi connectivity index (χ4n) is 3.30. The highest BCUT2D eigenvalue weighted by atomic mass is 16.5. The molecule has 2 aromatic carbocycles. The highest BCUT2D eigenvalue weighted by molar-refractivity contribution is 6.10. The van der Waals surface area contributed by atoms with Gasteiger partial charge >= 0.3 is 0 Å². The van der Waals surface area contributed by atoms with Gasteiger partial charge in [0.05, 0.1) is 18.8 Å². The third kappa shape index (κ3) is 3.24. The van der Waals surface area contributed by atoms with Gasteiger partial charge in [-0.05, 0) is 51.6 Å². The second-order valence-corrected chi connectivity index (χ2v) is 6.66. The molecule has 2 rings (SSSR count). The van der Waals surface area contributed by atoms with Crippen LogP contribution >= 0.6 is 0 Å². The number of aliphatic hydroxyl groups is 1. The Morgan fingerprint density at radius 3 is 2.17 bits per heavy atom. The molecule has 0 fully saturated rings. The van der Waals surface area contributed by atoms with Crippen molar-refractivity contribution in [3.05, 3.63) is 41.5 Å². The minimum Gasteiger partial charge on any atom is -0.496 e. The minimum atomic E-state index is -0.737. The maximum Gasteiger partial charge on any atom is 0.255 e. The van der Waals surface area contributed by atoms with Crippen molar-refractivity contribution >= 4 is 16.7 Å². The molecule has 0 radical (unpaired) electrons. The predicted octanol–water partition coefficient (Wildman–Crippen LogP) is 4.16. The van der Waals surface area contributed by atoms with Crippen LogP contribution in [0.25, 0.3) is 10.8 Å². The van der Waals surface area contributed by atoms with E-state index in [0.29, 0.717) is 16.9 Å². The molecule has 130 valence electrons. The Morgan fingerprint density at radius 1 is 1.04 bits per heavy atom. The van der Waals surface area contributed by atoms with Crippen LogP contribution < -0.4 is 4.74 Å². The second-order valence-electron chi connectivity index (χ2n) is 6.66. The molecule has 4 nitrogen and oxygen atoms in total. The van der Waals surface area contributed by atoms with Gasteiger partial charge in [0.1, 0.15) is 5.75 Å². The molecule has 0 bridgehead atoms. The molecule has 0 heterocycles. The number of carbonyl (C=O) groups is 1. The Bertz CT molecular complexity index is 727. The zero-order chi connectivity index (χ0) is 18.0. The van der Waals surface area contributed by atoms with Crippen molar-refractivity contribution in [3.8, 4) is 5.75 Å². The van der Waals surface area contributed by atoms with E-state index in [1.54, 1.807) is 14.0 Å². The van der Waals surface area contributed by atoms with E-state index < -0.39 is 6.10 Å². The molecule has 1 amide bonds. The van der Waals surface area contributed by atoms with Gasteiger partial charge in [-0.15, -0.1) is 0 Å². The zero-order valence-electron chi connectivity index (χ0n) is 15.3. The zero-order valence-corrected chi connectivity index (χ0v) is 15.3. The smallest absolute Gasteiger partial charge is 0.255 e. The third-order valence-electron chi connectivity index (χ3n) is 4.27. The Hall–Kier alpha value is -2.07. The quantitative estimate of drug-likeness (QED) is 0.896. The van der Waals surface area contributed by atoms with Gasteiger partial charge in [0.15, 0.2) is 0 Å². The third-order valence-corrected chi connectivity index (χ3v) is 4.27. The van der Waals surface area contributed by atoms with E-state index in [4.69, 9.17) is 4.74 Å². The number of fused-ring (bicyclic) bond motifs is 1. The van der Waals surface area contributed by atoms with Crippen LogP contribution in [-0.2, 0) is 0 Å². The summed E-state index contributed by atoms with van der Waals surface area (Å²) < 4.78 is 5.50. The van der Waals surface area contributed by atoms with Gasteiger partial charge in [-0.2, -0.15) is 0 Å². The molecule has 0 aliphatic carbocycles. The van der Waals surface area contributed by atoms with Gasteiger partial charge in [-0.1, -0.05) is 24.3 Å². The van der Waals surface area contributed by atoms with Crippen LogP contribution in [0.3, 0.4) is 0 Å². The van der Waals surface area contributed by atoms with E-state index in [1.807, 2.05) is 62.9 Å². The van der Waals surface area contributed by atoms with E-state index in [9.17, 15) is 9.90 Å². The summed E-state index contributed by atoms with van der Waals surface area (Å²) in [6, 6.07) is 9.58. The number of aliphatic hydroxyl groups excluding tert-OH is 1. The molecule has 0 aromatic heterocycles. The average molecular weight is 329 g/mol. The summed E-state index contributed by atoms with van der Waals surface area (Å²) >= 11 is 0. The first-order valence-corrected chi connectivity index (χ1v) is 8.39. The summed E-state index contributed by atoms with van der Waals surface area (Å²) in [5.74, 6) is 0.566. The lowest BCUT2D eigenvalue weighted by Crippen LogP contribution is -2.42. The van der Waals surface area contributed by atoms with Crippen LogP contribution in [0.15, 0.2) is 30.3 Å². The summed E-state index contributed by atoms with van der Waals surface area (Å²) in [6.07, 6.45) is -0.737. The topological polar surface area (TPSA) is 49.8 Å². The number of nitrogens with zero attached hydrogens (tertiary/aromatic N) is 1. The lowest BCUT2D eigenvalue weighted by molar-refractivity contribution is 0.0639. The summed E-state index contributed by atoms with van der Waals surface area (Å²) in [6.45, 7) is 9.69. The largest absolute Gasteiger partial charge is 0.496 e. The molecular formula is C20H27NO3. The van der Waals surface area contributed by atoms with Crippen molar-refractivity contribution in [2.75, 3.05) is 7.11 Å². The fourth-order valence-corrected chi connectivity index (χ4v) is 3.30. The van der Waals surface area contributed by atoms with Crippen LogP contribution in [0, 0.1) is 0 Å². The monoisotopic (exact) mass is 329 g/mol.